The van der Waals surface area contributed by atoms with Gasteiger partial charge in [-0.15, -0.1) is 0 Å². The van der Waals surface area contributed by atoms with Gasteiger partial charge in [0.15, 0.2) is 0 Å². The summed E-state index contributed by atoms with van der Waals surface area (Å²) >= 11 is 0. The molecule has 1 amide bonds. The molecule has 18 heavy (non-hydrogen) atoms. The summed E-state index contributed by atoms with van der Waals surface area (Å²) in [7, 11) is 0. The van der Waals surface area contributed by atoms with Crippen LogP contribution in [-0.4, -0.2) is 23.5 Å². The Morgan fingerprint density at radius 3 is 3.00 bits per heavy atom. The van der Waals surface area contributed by atoms with Gasteiger partial charge in [-0.25, -0.2) is 0 Å². The van der Waals surface area contributed by atoms with Crippen LogP contribution in [0, 0.1) is 0 Å². The van der Waals surface area contributed by atoms with Crippen molar-refractivity contribution in [1.82, 2.24) is 10.3 Å². The maximum atomic E-state index is 11.2. The van der Waals surface area contributed by atoms with Crippen LogP contribution in [0.3, 0.4) is 0 Å². The predicted molar refractivity (Wildman–Crippen MR) is 71.2 cm³/mol. The van der Waals surface area contributed by atoms with E-state index in [1.54, 1.807) is 12.4 Å². The zero-order chi connectivity index (χ0) is 12.5. The Morgan fingerprint density at radius 1 is 1.33 bits per heavy atom. The van der Waals surface area contributed by atoms with Crippen LogP contribution in [0.1, 0.15) is 6.42 Å². The number of carbonyl (C=O) groups is 1. The number of hydrogen-bond acceptors (Lipinski definition) is 4. The first-order valence-electron chi connectivity index (χ1n) is 5.89. The highest BCUT2D eigenvalue weighted by molar-refractivity contribution is 6.00. The van der Waals surface area contributed by atoms with E-state index in [9.17, 15) is 4.79 Å². The van der Waals surface area contributed by atoms with Gasteiger partial charge in [-0.2, -0.15) is 0 Å². The maximum Gasteiger partial charge on any atom is 0.222 e. The molecule has 4 N–H and O–H groups in total. The van der Waals surface area contributed by atoms with Crippen LogP contribution in [0.2, 0.25) is 0 Å². The van der Waals surface area contributed by atoms with Crippen LogP contribution in [0.15, 0.2) is 30.6 Å². The highest BCUT2D eigenvalue weighted by Crippen LogP contribution is 2.28. The largest absolute Gasteiger partial charge is 0.398 e. The quantitative estimate of drug-likeness (QED) is 0.689. The highest BCUT2D eigenvalue weighted by Gasteiger charge is 2.21. The molecular formula is C13H14N4O. The number of nitrogens with two attached hydrogens (primary N) is 1. The number of pyridine rings is 1. The van der Waals surface area contributed by atoms with E-state index in [1.807, 2.05) is 18.2 Å². The molecule has 0 radical (unpaired) electrons. The van der Waals surface area contributed by atoms with Gasteiger partial charge in [0, 0.05) is 47.5 Å². The number of rotatable bonds is 2. The fourth-order valence-electron chi connectivity index (χ4n) is 2.27. The first-order chi connectivity index (χ1) is 8.74. The molecule has 3 rings (SSSR count). The second-order valence-corrected chi connectivity index (χ2v) is 4.47. The number of nitrogen functional groups attached to an aromatic ring is 1. The Labute approximate surface area is 104 Å². The number of carbonyl (C=O) groups excluding carboxylic acids is 1. The molecule has 1 aromatic carbocycles. The molecule has 0 bridgehead atoms. The average molecular weight is 242 g/mol. The van der Waals surface area contributed by atoms with Crippen LogP contribution < -0.4 is 16.4 Å². The van der Waals surface area contributed by atoms with E-state index in [1.165, 1.54) is 0 Å². The number of nitrogens with one attached hydrogen (secondary N) is 2. The van der Waals surface area contributed by atoms with E-state index in [2.05, 4.69) is 15.6 Å². The zero-order valence-corrected chi connectivity index (χ0v) is 9.81. The van der Waals surface area contributed by atoms with Crippen molar-refractivity contribution in [2.24, 2.45) is 0 Å². The van der Waals surface area contributed by atoms with Crippen molar-refractivity contribution in [1.29, 1.82) is 0 Å². The van der Waals surface area contributed by atoms with Gasteiger partial charge in [0.2, 0.25) is 5.91 Å². The van der Waals surface area contributed by atoms with Gasteiger partial charge in [-0.05, 0) is 18.2 Å². The molecular weight excluding hydrogens is 228 g/mol. The third-order valence-corrected chi connectivity index (χ3v) is 3.19. The first kappa shape index (κ1) is 10.8. The first-order valence-corrected chi connectivity index (χ1v) is 5.89. The molecule has 1 aliphatic rings. The number of anilines is 2. The number of fused-ring (bicyclic) bond motifs is 1. The highest BCUT2D eigenvalue weighted by atomic mass is 16.1. The zero-order valence-electron chi connectivity index (χ0n) is 9.81. The third-order valence-electron chi connectivity index (χ3n) is 3.19. The van der Waals surface area contributed by atoms with E-state index in [0.29, 0.717) is 18.7 Å². The minimum Gasteiger partial charge on any atom is -0.398 e. The Morgan fingerprint density at radius 2 is 2.22 bits per heavy atom. The number of amides is 1. The SMILES string of the molecule is Nc1ccc(NC2CNC(=O)C2)c2ccncc12. The molecule has 1 aliphatic heterocycles. The van der Waals surface area contributed by atoms with Crippen molar-refractivity contribution < 1.29 is 4.79 Å². The molecule has 0 aliphatic carbocycles. The minimum atomic E-state index is 0.0916. The van der Waals surface area contributed by atoms with E-state index >= 15 is 0 Å². The molecule has 5 heteroatoms. The monoisotopic (exact) mass is 242 g/mol. The van der Waals surface area contributed by atoms with Crippen molar-refractivity contribution in [2.75, 3.05) is 17.6 Å². The van der Waals surface area contributed by atoms with Crippen molar-refractivity contribution in [3.63, 3.8) is 0 Å². The Balaban J connectivity index is 1.97. The van der Waals surface area contributed by atoms with E-state index in [-0.39, 0.29) is 11.9 Å². The Kier molecular flexibility index (Phi) is 2.51. The minimum absolute atomic E-state index is 0.0916. The normalized spacial score (nSPS) is 18.9. The van der Waals surface area contributed by atoms with Gasteiger partial charge in [0.05, 0.1) is 6.04 Å². The number of nitrogens with zero attached hydrogens (tertiary/aromatic N) is 1. The molecule has 2 aromatic rings. The molecule has 1 fully saturated rings. The second kappa shape index (κ2) is 4.18. The van der Waals surface area contributed by atoms with Gasteiger partial charge in [-0.3, -0.25) is 9.78 Å². The summed E-state index contributed by atoms with van der Waals surface area (Å²) in [6.07, 6.45) is 4.01. The smallest absolute Gasteiger partial charge is 0.222 e. The van der Waals surface area contributed by atoms with Crippen molar-refractivity contribution >= 4 is 28.1 Å². The molecule has 1 atom stereocenters. The topological polar surface area (TPSA) is 80.0 Å². The molecule has 92 valence electrons. The van der Waals surface area contributed by atoms with Crippen molar-refractivity contribution in [2.45, 2.75) is 12.5 Å². The molecule has 0 saturated carbocycles. The predicted octanol–water partition coefficient (Wildman–Crippen LogP) is 1.12. The Bertz CT molecular complexity index is 611. The van der Waals surface area contributed by atoms with Gasteiger partial charge in [-0.1, -0.05) is 0 Å². The lowest BCUT2D eigenvalue weighted by Crippen LogP contribution is -2.22. The lowest BCUT2D eigenvalue weighted by molar-refractivity contribution is -0.119. The van der Waals surface area contributed by atoms with Gasteiger partial charge in [0.1, 0.15) is 0 Å². The summed E-state index contributed by atoms with van der Waals surface area (Å²) in [4.78, 5) is 15.3. The second-order valence-electron chi connectivity index (χ2n) is 4.47. The van der Waals surface area contributed by atoms with Crippen molar-refractivity contribution in [3.05, 3.63) is 30.6 Å². The average Bonchev–Trinajstić information content (AvgIpc) is 2.79. The number of benzene rings is 1. The van der Waals surface area contributed by atoms with Crippen LogP contribution in [0.5, 0.6) is 0 Å². The summed E-state index contributed by atoms with van der Waals surface area (Å²) in [6.45, 7) is 0.662. The summed E-state index contributed by atoms with van der Waals surface area (Å²) in [5.41, 5.74) is 7.62. The van der Waals surface area contributed by atoms with E-state index in [4.69, 9.17) is 5.73 Å². The Hall–Kier alpha value is -2.30. The van der Waals surface area contributed by atoms with E-state index < -0.39 is 0 Å². The summed E-state index contributed by atoms with van der Waals surface area (Å²) < 4.78 is 0. The van der Waals surface area contributed by atoms with Crippen molar-refractivity contribution in [3.8, 4) is 0 Å². The van der Waals surface area contributed by atoms with Gasteiger partial charge >= 0.3 is 0 Å². The summed E-state index contributed by atoms with van der Waals surface area (Å²) in [6, 6.07) is 5.87. The standard InChI is InChI=1S/C13H14N4O/c14-11-1-2-12(9-3-4-15-7-10(9)11)17-8-5-13(18)16-6-8/h1-4,7-8,17H,5-6,14H2,(H,16,18). The fourth-order valence-corrected chi connectivity index (χ4v) is 2.27. The molecule has 2 heterocycles. The molecule has 1 aromatic heterocycles. The number of aromatic nitrogens is 1. The summed E-state index contributed by atoms with van der Waals surface area (Å²) in [5.74, 6) is 0.0916. The fraction of sp³-hybridized carbons (Fsp3) is 0.231. The maximum absolute atomic E-state index is 11.2. The van der Waals surface area contributed by atoms with Crippen LogP contribution in [0.25, 0.3) is 10.8 Å². The van der Waals surface area contributed by atoms with Crippen LogP contribution in [-0.2, 0) is 4.79 Å². The lowest BCUT2D eigenvalue weighted by Gasteiger charge is -2.15. The van der Waals surface area contributed by atoms with Crippen LogP contribution >= 0.6 is 0 Å². The third kappa shape index (κ3) is 1.84. The molecule has 1 unspecified atom stereocenters. The number of hydrogen-bond donors (Lipinski definition) is 3. The van der Waals surface area contributed by atoms with Crippen LogP contribution in [0.4, 0.5) is 11.4 Å². The molecule has 1 saturated heterocycles. The molecule has 0 spiro atoms. The van der Waals surface area contributed by atoms with Gasteiger partial charge < -0.3 is 16.4 Å². The lowest BCUT2D eigenvalue weighted by atomic mass is 10.1. The molecule has 5 nitrogen and oxygen atoms in total. The van der Waals surface area contributed by atoms with Gasteiger partial charge in [0.25, 0.3) is 0 Å². The summed E-state index contributed by atoms with van der Waals surface area (Å²) in [5, 5.41) is 8.15. The van der Waals surface area contributed by atoms with E-state index in [0.717, 1.165) is 16.5 Å².